The molecule has 26 heavy (non-hydrogen) atoms. The van der Waals surface area contributed by atoms with Crippen molar-refractivity contribution in [3.63, 3.8) is 0 Å². The van der Waals surface area contributed by atoms with E-state index in [4.69, 9.17) is 9.47 Å². The minimum Gasteiger partial charge on any atom is -0.444 e. The number of amides is 1. The molecule has 0 spiro atoms. The Morgan fingerprint density at radius 2 is 1.69 bits per heavy atom. The SMILES string of the molecule is CC(C)(C)OC(=O)N1CCC(C(c2ccccc2)N2CCOCC2)CC1. The zero-order valence-corrected chi connectivity index (χ0v) is 16.3. The molecule has 1 unspecified atom stereocenters. The molecule has 1 aromatic rings. The van der Waals surface area contributed by atoms with E-state index in [-0.39, 0.29) is 6.09 Å². The molecule has 0 saturated carbocycles. The van der Waals surface area contributed by atoms with Crippen molar-refractivity contribution < 1.29 is 14.3 Å². The first-order valence-electron chi connectivity index (χ1n) is 9.79. The summed E-state index contributed by atoms with van der Waals surface area (Å²) in [5, 5.41) is 0. The van der Waals surface area contributed by atoms with Gasteiger partial charge in [0.25, 0.3) is 0 Å². The van der Waals surface area contributed by atoms with Gasteiger partial charge < -0.3 is 14.4 Å². The quantitative estimate of drug-likeness (QED) is 0.824. The lowest BCUT2D eigenvalue weighted by molar-refractivity contribution is -0.0131. The predicted molar refractivity (Wildman–Crippen MR) is 102 cm³/mol. The topological polar surface area (TPSA) is 42.0 Å². The summed E-state index contributed by atoms with van der Waals surface area (Å²) in [5.74, 6) is 0.550. The van der Waals surface area contributed by atoms with Crippen LogP contribution >= 0.6 is 0 Å². The minimum absolute atomic E-state index is 0.182. The van der Waals surface area contributed by atoms with Crippen molar-refractivity contribution in [2.45, 2.75) is 45.3 Å². The number of benzene rings is 1. The Labute approximate surface area is 157 Å². The van der Waals surface area contributed by atoms with Crippen LogP contribution in [-0.2, 0) is 9.47 Å². The summed E-state index contributed by atoms with van der Waals surface area (Å²) in [6.07, 6.45) is 1.84. The Hall–Kier alpha value is -1.59. The Bertz CT molecular complexity index is 571. The summed E-state index contributed by atoms with van der Waals surface area (Å²) in [6.45, 7) is 10.9. The zero-order chi connectivity index (χ0) is 18.6. The lowest BCUT2D eigenvalue weighted by atomic mass is 9.84. The van der Waals surface area contributed by atoms with Gasteiger partial charge in [-0.3, -0.25) is 4.90 Å². The Morgan fingerprint density at radius 3 is 2.27 bits per heavy atom. The van der Waals surface area contributed by atoms with Crippen molar-refractivity contribution in [2.24, 2.45) is 5.92 Å². The molecule has 0 aromatic heterocycles. The van der Waals surface area contributed by atoms with Gasteiger partial charge in [-0.15, -0.1) is 0 Å². The molecule has 1 atom stereocenters. The van der Waals surface area contributed by atoms with Gasteiger partial charge in [0.1, 0.15) is 5.60 Å². The molecule has 2 saturated heterocycles. The summed E-state index contributed by atoms with van der Waals surface area (Å²) >= 11 is 0. The lowest BCUT2D eigenvalue weighted by Gasteiger charge is -2.43. The van der Waals surface area contributed by atoms with Crippen LogP contribution in [0.5, 0.6) is 0 Å². The number of rotatable bonds is 3. The summed E-state index contributed by atoms with van der Waals surface area (Å²) < 4.78 is 11.1. The average molecular weight is 360 g/mol. The highest BCUT2D eigenvalue weighted by Gasteiger charge is 2.34. The van der Waals surface area contributed by atoms with Crippen LogP contribution in [0.3, 0.4) is 0 Å². The number of hydrogen-bond acceptors (Lipinski definition) is 4. The maximum absolute atomic E-state index is 12.3. The number of likely N-dealkylation sites (tertiary alicyclic amines) is 1. The third-order valence-corrected chi connectivity index (χ3v) is 5.22. The molecule has 0 radical (unpaired) electrons. The molecule has 144 valence electrons. The van der Waals surface area contributed by atoms with Crippen molar-refractivity contribution in [2.75, 3.05) is 39.4 Å². The van der Waals surface area contributed by atoms with E-state index in [1.165, 1.54) is 5.56 Å². The molecule has 5 nitrogen and oxygen atoms in total. The summed E-state index contributed by atoms with van der Waals surface area (Å²) in [6, 6.07) is 11.2. The Morgan fingerprint density at radius 1 is 1.08 bits per heavy atom. The minimum atomic E-state index is -0.436. The third kappa shape index (κ3) is 4.98. The predicted octanol–water partition coefficient (Wildman–Crippen LogP) is 3.71. The van der Waals surface area contributed by atoms with Crippen molar-refractivity contribution in [1.82, 2.24) is 9.80 Å². The first kappa shape index (κ1) is 19.2. The first-order chi connectivity index (χ1) is 12.4. The molecule has 2 heterocycles. The molecule has 2 aliphatic heterocycles. The van der Waals surface area contributed by atoms with Crippen LogP contribution in [0.15, 0.2) is 30.3 Å². The lowest BCUT2D eigenvalue weighted by Crippen LogP contribution is -2.47. The van der Waals surface area contributed by atoms with Gasteiger partial charge >= 0.3 is 6.09 Å². The van der Waals surface area contributed by atoms with Gasteiger partial charge in [-0.05, 0) is 45.1 Å². The number of carbonyl (C=O) groups excluding carboxylic acids is 1. The van der Waals surface area contributed by atoms with E-state index in [1.54, 1.807) is 0 Å². The average Bonchev–Trinajstić information content (AvgIpc) is 2.63. The maximum Gasteiger partial charge on any atom is 0.410 e. The van der Waals surface area contributed by atoms with E-state index in [1.807, 2.05) is 25.7 Å². The molecule has 0 N–H and O–H groups in total. The number of carbonyl (C=O) groups is 1. The number of morpholine rings is 1. The second-order valence-electron chi connectivity index (χ2n) is 8.31. The van der Waals surface area contributed by atoms with Gasteiger partial charge in [0.15, 0.2) is 0 Å². The second kappa shape index (κ2) is 8.40. The van der Waals surface area contributed by atoms with Crippen LogP contribution in [0.4, 0.5) is 4.79 Å². The molecule has 0 bridgehead atoms. The van der Waals surface area contributed by atoms with Gasteiger partial charge in [-0.1, -0.05) is 30.3 Å². The van der Waals surface area contributed by atoms with Crippen LogP contribution in [0.2, 0.25) is 0 Å². The number of ether oxygens (including phenoxy) is 2. The van der Waals surface area contributed by atoms with E-state index in [2.05, 4.69) is 35.2 Å². The summed E-state index contributed by atoms with van der Waals surface area (Å²) in [5.41, 5.74) is 0.944. The van der Waals surface area contributed by atoms with E-state index < -0.39 is 5.60 Å². The van der Waals surface area contributed by atoms with Gasteiger partial charge in [0.2, 0.25) is 0 Å². The van der Waals surface area contributed by atoms with Crippen molar-refractivity contribution in [3.8, 4) is 0 Å². The highest BCUT2D eigenvalue weighted by molar-refractivity contribution is 5.68. The molecule has 1 aromatic carbocycles. The van der Waals surface area contributed by atoms with E-state index in [9.17, 15) is 4.79 Å². The molecular weight excluding hydrogens is 328 g/mol. The van der Waals surface area contributed by atoms with Gasteiger partial charge in [0, 0.05) is 32.2 Å². The monoisotopic (exact) mass is 360 g/mol. The highest BCUT2D eigenvalue weighted by Crippen LogP contribution is 2.36. The fraction of sp³-hybridized carbons (Fsp3) is 0.667. The molecule has 5 heteroatoms. The van der Waals surface area contributed by atoms with Crippen molar-refractivity contribution in [1.29, 1.82) is 0 Å². The van der Waals surface area contributed by atoms with E-state index in [0.717, 1.165) is 52.2 Å². The fourth-order valence-electron chi connectivity index (χ4n) is 4.01. The maximum atomic E-state index is 12.3. The smallest absolute Gasteiger partial charge is 0.410 e. The largest absolute Gasteiger partial charge is 0.444 e. The van der Waals surface area contributed by atoms with Crippen molar-refractivity contribution in [3.05, 3.63) is 35.9 Å². The van der Waals surface area contributed by atoms with Gasteiger partial charge in [0.05, 0.1) is 13.2 Å². The van der Waals surface area contributed by atoms with Crippen LogP contribution in [0.1, 0.15) is 45.2 Å². The summed E-state index contributed by atoms with van der Waals surface area (Å²) in [7, 11) is 0. The molecule has 2 fully saturated rings. The molecule has 2 aliphatic rings. The molecular formula is C21H32N2O3. The normalized spacial score (nSPS) is 21.4. The van der Waals surface area contributed by atoms with Gasteiger partial charge in [-0.25, -0.2) is 4.79 Å². The van der Waals surface area contributed by atoms with Gasteiger partial charge in [-0.2, -0.15) is 0 Å². The van der Waals surface area contributed by atoms with Crippen LogP contribution in [0.25, 0.3) is 0 Å². The van der Waals surface area contributed by atoms with Crippen LogP contribution < -0.4 is 0 Å². The van der Waals surface area contributed by atoms with Crippen LogP contribution in [0, 0.1) is 5.92 Å². The second-order valence-corrected chi connectivity index (χ2v) is 8.31. The van der Waals surface area contributed by atoms with Crippen molar-refractivity contribution >= 4 is 6.09 Å². The van der Waals surface area contributed by atoms with E-state index >= 15 is 0 Å². The van der Waals surface area contributed by atoms with Crippen LogP contribution in [-0.4, -0.2) is 60.9 Å². The number of piperidine rings is 1. The Balaban J connectivity index is 1.66. The first-order valence-corrected chi connectivity index (χ1v) is 9.79. The molecule has 3 rings (SSSR count). The standard InChI is InChI=1S/C21H32N2O3/c1-21(2,3)26-20(24)23-11-9-18(10-12-23)19(17-7-5-4-6-8-17)22-13-15-25-16-14-22/h4-8,18-19H,9-16H2,1-3H3. The highest BCUT2D eigenvalue weighted by atomic mass is 16.6. The zero-order valence-electron chi connectivity index (χ0n) is 16.3. The number of nitrogens with zero attached hydrogens (tertiary/aromatic N) is 2. The summed E-state index contributed by atoms with van der Waals surface area (Å²) in [4.78, 5) is 16.8. The fourth-order valence-corrected chi connectivity index (χ4v) is 4.01. The number of hydrogen-bond donors (Lipinski definition) is 0. The van der Waals surface area contributed by atoms with E-state index in [0.29, 0.717) is 12.0 Å². The molecule has 0 aliphatic carbocycles. The Kier molecular flexibility index (Phi) is 6.20. The molecule has 1 amide bonds. The third-order valence-electron chi connectivity index (χ3n) is 5.22.